The van der Waals surface area contributed by atoms with Crippen LogP contribution in [0, 0.1) is 33.6 Å². The average Bonchev–Trinajstić information content (AvgIpc) is 1.62. The van der Waals surface area contributed by atoms with Gasteiger partial charge in [0.05, 0.1) is 165 Å². The van der Waals surface area contributed by atoms with Gasteiger partial charge >= 0.3 is 6.18 Å². The van der Waals surface area contributed by atoms with Crippen LogP contribution >= 0.6 is 81.2 Å². The number of aromatic nitrogens is 17. The zero-order valence-electron chi connectivity index (χ0n) is 76.8. The van der Waals surface area contributed by atoms with Gasteiger partial charge in [-0.1, -0.05) is 137 Å². The van der Waals surface area contributed by atoms with E-state index < -0.39 is 39.9 Å². The summed E-state index contributed by atoms with van der Waals surface area (Å²) >= 11 is 45.5. The molecule has 1 aliphatic carbocycles. The van der Waals surface area contributed by atoms with Crippen LogP contribution in [0.1, 0.15) is 157 Å². The molecule has 1 saturated carbocycles. The van der Waals surface area contributed by atoms with Gasteiger partial charge in [-0.3, -0.25) is 4.98 Å². The van der Waals surface area contributed by atoms with E-state index in [1.165, 1.54) is 38.5 Å². The quantitative estimate of drug-likeness (QED) is 0.0351. The van der Waals surface area contributed by atoms with Gasteiger partial charge < -0.3 is 81.4 Å². The van der Waals surface area contributed by atoms with Gasteiger partial charge in [0.25, 0.3) is 11.8 Å². The van der Waals surface area contributed by atoms with Gasteiger partial charge in [-0.25, -0.2) is 49.8 Å². The summed E-state index contributed by atoms with van der Waals surface area (Å²) in [6.45, 7) is 17.2. The Bertz CT molecular complexity index is 6980. The lowest BCUT2D eigenvalue weighted by Crippen LogP contribution is -2.33. The highest BCUT2D eigenvalue weighted by Crippen LogP contribution is 2.50. The molecule has 5 N–H and O–H groups in total. The number of imidazole rings is 6. The Labute approximate surface area is 811 Å². The molecule has 0 amide bonds. The number of aryl methyl sites for hydroxylation is 6. The van der Waals surface area contributed by atoms with Crippen molar-refractivity contribution in [2.45, 2.75) is 128 Å². The van der Waals surface area contributed by atoms with E-state index in [2.05, 4.69) is 54.8 Å². The van der Waals surface area contributed by atoms with E-state index >= 15 is 0 Å². The highest BCUT2D eigenvalue weighted by molar-refractivity contribution is 6.41. The fourth-order valence-corrected chi connectivity index (χ4v) is 18.2. The second-order valence-corrected chi connectivity index (χ2v) is 36.4. The van der Waals surface area contributed by atoms with Crippen LogP contribution in [-0.4, -0.2) is 154 Å². The molecule has 17 rings (SSSR count). The van der Waals surface area contributed by atoms with Crippen molar-refractivity contribution in [3.63, 3.8) is 0 Å². The number of halogens is 10. The minimum Gasteiger partial charge on any atom is -0.489 e. The van der Waals surface area contributed by atoms with Gasteiger partial charge in [0, 0.05) is 80.6 Å². The SMILES string of the molecule is CC(C)Oc1c(Cl)nc2ccc(C(O)(c3ccc(C(F)(F)F)nc3)c3cncn3C)cc2c1Cl.CCOc1c(Cl)nc2ccc(C(O)(c3ccc(Cl)cc3)c3cncn3C)cc2c1Cl.COc1nc2ccc(C(O)(c3cnc(C)n3C)c3cnc(C)n3C)cc2c(Cl)c1OCC(C)(C)O.COc1nc2ccc(C(O)(c3cnc(C)n3C)c3cnc(C)n3C)cc2c(Cl)c1OCC1CCCC1. The number of hydrogen-bond donors (Lipinski definition) is 5. The summed E-state index contributed by atoms with van der Waals surface area (Å²) in [6.07, 6.45) is 13.8. The van der Waals surface area contributed by atoms with E-state index in [0.717, 1.165) is 48.4 Å². The van der Waals surface area contributed by atoms with Crippen molar-refractivity contribution < 1.29 is 67.1 Å². The fourth-order valence-electron chi connectivity index (χ4n) is 16.4. The van der Waals surface area contributed by atoms with E-state index in [4.69, 9.17) is 110 Å². The van der Waals surface area contributed by atoms with E-state index in [1.54, 1.807) is 153 Å². The Balaban J connectivity index is 0.000000145. The van der Waals surface area contributed by atoms with Gasteiger partial charge in [0.2, 0.25) is 11.5 Å². The van der Waals surface area contributed by atoms with Crippen molar-refractivity contribution in [3.05, 3.63) is 297 Å². The molecule has 135 heavy (non-hydrogen) atoms. The largest absolute Gasteiger partial charge is 0.489 e. The normalized spacial score (nSPS) is 13.6. The second kappa shape index (κ2) is 39.7. The number of fused-ring (bicyclic) bond motifs is 4. The third-order valence-electron chi connectivity index (χ3n) is 24.1. The van der Waals surface area contributed by atoms with Gasteiger partial charge in [-0.15, -0.1) is 0 Å². The molecule has 2 atom stereocenters. The number of rotatable bonds is 24. The summed E-state index contributed by atoms with van der Waals surface area (Å²) in [4.78, 5) is 47.4. The first-order valence-corrected chi connectivity index (χ1v) is 45.4. The molecular formula is C97H99Cl7F3N17O11. The lowest BCUT2D eigenvalue weighted by Gasteiger charge is -2.30. The first-order chi connectivity index (χ1) is 63.9. The van der Waals surface area contributed by atoms with E-state index in [0.29, 0.717) is 157 Å². The summed E-state index contributed by atoms with van der Waals surface area (Å²) < 4.78 is 84.2. The Kier molecular flexibility index (Phi) is 29.3. The van der Waals surface area contributed by atoms with Crippen LogP contribution in [0.15, 0.2) is 165 Å². The van der Waals surface area contributed by atoms with Crippen LogP contribution in [0.25, 0.3) is 43.6 Å². The van der Waals surface area contributed by atoms with Crippen molar-refractivity contribution in [1.82, 2.24) is 82.2 Å². The first-order valence-electron chi connectivity index (χ1n) is 42.7. The zero-order chi connectivity index (χ0) is 97.6. The number of hydrogen-bond acceptors (Lipinski definition) is 22. The third-order valence-corrected chi connectivity index (χ3v) is 26.3. The van der Waals surface area contributed by atoms with Crippen LogP contribution in [0.5, 0.6) is 34.8 Å². The average molecular weight is 1980 g/mol. The van der Waals surface area contributed by atoms with Crippen molar-refractivity contribution in [3.8, 4) is 34.8 Å². The minimum atomic E-state index is -4.61. The van der Waals surface area contributed by atoms with E-state index in [-0.39, 0.29) is 56.0 Å². The molecule has 16 aromatic rings. The summed E-state index contributed by atoms with van der Waals surface area (Å²) in [7, 11) is 14.0. The Hall–Kier alpha value is -11.4. The summed E-state index contributed by atoms with van der Waals surface area (Å²) in [6, 6.07) is 30.1. The maximum atomic E-state index is 13.1. The molecule has 38 heteroatoms. The third kappa shape index (κ3) is 19.3. The van der Waals surface area contributed by atoms with Crippen LogP contribution in [0.3, 0.4) is 0 Å². The van der Waals surface area contributed by atoms with Crippen molar-refractivity contribution >= 4 is 125 Å². The van der Waals surface area contributed by atoms with Crippen LogP contribution in [0.2, 0.25) is 35.4 Å². The molecular weight excluding hydrogens is 1880 g/mol. The van der Waals surface area contributed by atoms with E-state index in [1.807, 2.05) is 120 Å². The molecule has 11 heterocycles. The number of ether oxygens (including phenoxy) is 6. The molecule has 11 aromatic heterocycles. The lowest BCUT2D eigenvalue weighted by molar-refractivity contribution is -0.141. The van der Waals surface area contributed by atoms with Gasteiger partial charge in [0.15, 0.2) is 44.2 Å². The Morgan fingerprint density at radius 3 is 1.11 bits per heavy atom. The smallest absolute Gasteiger partial charge is 0.433 e. The standard InChI is InChI=1S/C27H32ClN5O3.C25H30ClN5O4.C23H19Cl2F3N4O2.C22H18Cl3N3O2/c1-16-29-13-22(32(16)3)27(34,23-14-30-17(2)33(23)4)19-10-11-21-20(12-19)24(28)25(26(31-21)35-5)36-15-18-8-6-7-9-18;1-14-27-11-19(30(14)5)25(33,20-12-28-15(2)31(20)6)16-8-9-18-17(10-16)21(26)22(23(29-18)34-7)35-13-24(3,4)32;1-12(2)34-20-19(24)15-8-13(4-6-16(15)31-21(20)25)22(33,18-10-29-11-32(18)3)14-5-7-17(30-9-14)23(26,27)28;1-3-30-20-19(24)16-10-14(6-9-17(16)27-21(20)25)22(29,18-11-26-12-28(18)2)13-4-7-15(23)8-5-13/h10-14,18,34H,6-9,15H2,1-5H3;8-12,32-33H,13H2,1-7H3;4-12,33H,1-3H3;4-12,29H,3H2,1-2H3. The number of nitrogens with zero attached hydrogens (tertiary/aromatic N) is 17. The van der Waals surface area contributed by atoms with Crippen LogP contribution < -0.4 is 28.4 Å². The van der Waals surface area contributed by atoms with Crippen molar-refractivity contribution in [1.29, 1.82) is 0 Å². The molecule has 1 aliphatic rings. The maximum Gasteiger partial charge on any atom is 0.433 e. The molecule has 0 radical (unpaired) electrons. The molecule has 0 bridgehead atoms. The summed E-state index contributed by atoms with van der Waals surface area (Å²) in [5, 5.41) is 63.4. The molecule has 5 aromatic carbocycles. The van der Waals surface area contributed by atoms with E-state index in [9.17, 15) is 38.7 Å². The molecule has 708 valence electrons. The Morgan fingerprint density at radius 1 is 0.415 bits per heavy atom. The number of benzene rings is 5. The molecule has 0 spiro atoms. The predicted molar refractivity (Wildman–Crippen MR) is 514 cm³/mol. The monoisotopic (exact) mass is 1980 g/mol. The fraction of sp³-hybridized carbons (Fsp3) is 0.330. The molecule has 1 fully saturated rings. The highest BCUT2D eigenvalue weighted by Gasteiger charge is 2.45. The highest BCUT2D eigenvalue weighted by atomic mass is 35.5. The van der Waals surface area contributed by atoms with Gasteiger partial charge in [0.1, 0.15) is 35.6 Å². The molecule has 2 unspecified atom stereocenters. The van der Waals surface area contributed by atoms with Crippen molar-refractivity contribution in [2.24, 2.45) is 48.2 Å². The first kappa shape index (κ1) is 99.5. The number of pyridine rings is 5. The summed E-state index contributed by atoms with van der Waals surface area (Å²) in [5.41, 5.74) is -0.283. The van der Waals surface area contributed by atoms with Crippen LogP contribution in [0.4, 0.5) is 13.2 Å². The Morgan fingerprint density at radius 2 is 0.770 bits per heavy atom. The van der Waals surface area contributed by atoms with Crippen LogP contribution in [-0.2, 0) is 70.9 Å². The van der Waals surface area contributed by atoms with Crippen molar-refractivity contribution in [2.75, 3.05) is 34.0 Å². The molecule has 28 nitrogen and oxygen atoms in total. The number of methoxy groups -OCH3 is 2. The van der Waals surface area contributed by atoms with Gasteiger partial charge in [-0.2, -0.15) is 13.2 Å². The predicted octanol–water partition coefficient (Wildman–Crippen LogP) is 19.6. The molecule has 0 aliphatic heterocycles. The summed E-state index contributed by atoms with van der Waals surface area (Å²) in [5.74, 6) is 5.34. The maximum absolute atomic E-state index is 13.1. The minimum absolute atomic E-state index is 0.0114. The van der Waals surface area contributed by atoms with Gasteiger partial charge in [-0.05, 0) is 176 Å². The lowest BCUT2D eigenvalue weighted by atomic mass is 9.83. The second-order valence-electron chi connectivity index (χ2n) is 33.8. The molecule has 0 saturated heterocycles. The number of aliphatic hydroxyl groups is 5. The number of alkyl halides is 3. The zero-order valence-corrected chi connectivity index (χ0v) is 82.1. The topological polar surface area (TPSA) is 328 Å².